The molecule has 0 atom stereocenters. The molecule has 0 bridgehead atoms. The van der Waals surface area contributed by atoms with Crippen LogP contribution in [0, 0.1) is 5.82 Å². The van der Waals surface area contributed by atoms with E-state index in [2.05, 4.69) is 20.8 Å². The molecule has 0 saturated carbocycles. The second-order valence-electron chi connectivity index (χ2n) is 4.03. The van der Waals surface area contributed by atoms with Gasteiger partial charge in [-0.25, -0.2) is 4.39 Å². The first-order valence-electron chi connectivity index (χ1n) is 5.56. The van der Waals surface area contributed by atoms with Crippen LogP contribution in [0.5, 0.6) is 5.75 Å². The summed E-state index contributed by atoms with van der Waals surface area (Å²) in [7, 11) is 0. The first kappa shape index (κ1) is 11.9. The number of ether oxygens (including phenoxy) is 1. The van der Waals surface area contributed by atoms with E-state index in [-0.39, 0.29) is 5.82 Å². The summed E-state index contributed by atoms with van der Waals surface area (Å²) in [6.07, 6.45) is 3.78. The average molecular weight is 288 g/mol. The van der Waals surface area contributed by atoms with Crippen LogP contribution in [0.25, 0.3) is 0 Å². The molecule has 88 valence electrons. The van der Waals surface area contributed by atoms with Crippen LogP contribution < -0.4 is 4.74 Å². The number of rotatable bonds is 3. The lowest BCUT2D eigenvalue weighted by atomic mass is 10.1. The highest BCUT2D eigenvalue weighted by Crippen LogP contribution is 2.21. The van der Waals surface area contributed by atoms with Gasteiger partial charge in [-0.05, 0) is 40.9 Å². The Morgan fingerprint density at radius 3 is 2.69 bits per heavy atom. The highest BCUT2D eigenvalue weighted by molar-refractivity contribution is 9.10. The van der Waals surface area contributed by atoms with E-state index in [1.807, 2.05) is 0 Å². The van der Waals surface area contributed by atoms with Gasteiger partial charge >= 0.3 is 0 Å². The summed E-state index contributed by atoms with van der Waals surface area (Å²) in [4.78, 5) is 2.25. The van der Waals surface area contributed by atoms with Crippen molar-refractivity contribution in [2.24, 2.45) is 0 Å². The fourth-order valence-electron chi connectivity index (χ4n) is 1.82. The van der Waals surface area contributed by atoms with Crippen molar-refractivity contribution in [1.29, 1.82) is 0 Å². The predicted octanol–water partition coefficient (Wildman–Crippen LogP) is 3.41. The first-order valence-corrected chi connectivity index (χ1v) is 6.35. The summed E-state index contributed by atoms with van der Waals surface area (Å²) in [5, 5.41) is 0. The Morgan fingerprint density at radius 1 is 1.25 bits per heavy atom. The Balaban J connectivity index is 1.86. The molecule has 2 nitrogen and oxygen atoms in total. The van der Waals surface area contributed by atoms with Crippen molar-refractivity contribution < 1.29 is 9.13 Å². The van der Waals surface area contributed by atoms with E-state index >= 15 is 0 Å². The van der Waals surface area contributed by atoms with Crippen LogP contribution >= 0.6 is 15.9 Å². The third kappa shape index (κ3) is 3.19. The molecule has 1 fully saturated rings. The lowest BCUT2D eigenvalue weighted by molar-refractivity contribution is 0.106. The molecule has 0 unspecified atom stereocenters. The number of hydrogen-bond donors (Lipinski definition) is 0. The number of piperidine rings is 1. The number of hydrogen-bond acceptors (Lipinski definition) is 2. The van der Waals surface area contributed by atoms with Crippen molar-refractivity contribution in [2.75, 3.05) is 19.8 Å². The van der Waals surface area contributed by atoms with Gasteiger partial charge in [-0.15, -0.1) is 0 Å². The van der Waals surface area contributed by atoms with Crippen molar-refractivity contribution in [3.63, 3.8) is 0 Å². The molecule has 0 N–H and O–H groups in total. The van der Waals surface area contributed by atoms with Crippen molar-refractivity contribution in [2.45, 2.75) is 19.3 Å². The highest BCUT2D eigenvalue weighted by atomic mass is 79.9. The van der Waals surface area contributed by atoms with E-state index in [4.69, 9.17) is 4.74 Å². The van der Waals surface area contributed by atoms with Crippen LogP contribution in [0.15, 0.2) is 22.7 Å². The van der Waals surface area contributed by atoms with Crippen molar-refractivity contribution in [1.82, 2.24) is 4.90 Å². The van der Waals surface area contributed by atoms with Gasteiger partial charge in [0.15, 0.2) is 0 Å². The summed E-state index contributed by atoms with van der Waals surface area (Å²) in [5.41, 5.74) is 0. The Kier molecular flexibility index (Phi) is 4.18. The van der Waals surface area contributed by atoms with Gasteiger partial charge in [-0.1, -0.05) is 6.42 Å². The SMILES string of the molecule is Fc1cc(OCN2CCCCC2)ccc1Br. The Hall–Kier alpha value is -0.610. The molecule has 1 aromatic carbocycles. The van der Waals surface area contributed by atoms with Crippen LogP contribution in [0.2, 0.25) is 0 Å². The monoisotopic (exact) mass is 287 g/mol. The Morgan fingerprint density at radius 2 is 2.00 bits per heavy atom. The minimum absolute atomic E-state index is 0.281. The van der Waals surface area contributed by atoms with Crippen LogP contribution in [0.1, 0.15) is 19.3 Å². The summed E-state index contributed by atoms with van der Waals surface area (Å²) in [5.74, 6) is 0.308. The molecular weight excluding hydrogens is 273 g/mol. The van der Waals surface area contributed by atoms with Gasteiger partial charge in [0.05, 0.1) is 4.47 Å². The predicted molar refractivity (Wildman–Crippen MR) is 65.0 cm³/mol. The van der Waals surface area contributed by atoms with Gasteiger partial charge in [0.2, 0.25) is 0 Å². The van der Waals surface area contributed by atoms with Crippen LogP contribution in [0.4, 0.5) is 4.39 Å². The third-order valence-electron chi connectivity index (χ3n) is 2.75. The molecule has 1 aromatic rings. The topological polar surface area (TPSA) is 12.5 Å². The van der Waals surface area contributed by atoms with E-state index < -0.39 is 0 Å². The van der Waals surface area contributed by atoms with E-state index in [1.165, 1.54) is 25.3 Å². The van der Waals surface area contributed by atoms with Crippen molar-refractivity contribution in [3.8, 4) is 5.75 Å². The molecule has 1 saturated heterocycles. The number of halogens is 2. The summed E-state index contributed by atoms with van der Waals surface area (Å²) in [6.45, 7) is 2.72. The van der Waals surface area contributed by atoms with E-state index in [0.717, 1.165) is 13.1 Å². The quantitative estimate of drug-likeness (QED) is 0.845. The minimum Gasteiger partial charge on any atom is -0.478 e. The number of benzene rings is 1. The Labute approximate surface area is 104 Å². The second-order valence-corrected chi connectivity index (χ2v) is 4.88. The number of nitrogens with zero attached hydrogens (tertiary/aromatic N) is 1. The minimum atomic E-state index is -0.281. The van der Waals surface area contributed by atoms with Crippen LogP contribution in [0.3, 0.4) is 0 Å². The molecule has 0 amide bonds. The zero-order valence-electron chi connectivity index (χ0n) is 9.09. The standard InChI is InChI=1S/C12H15BrFNO/c13-11-5-4-10(8-12(11)14)16-9-15-6-2-1-3-7-15/h4-5,8H,1-3,6-7,9H2. The molecule has 0 radical (unpaired) electrons. The van der Waals surface area contributed by atoms with Crippen molar-refractivity contribution in [3.05, 3.63) is 28.5 Å². The maximum atomic E-state index is 13.2. The smallest absolute Gasteiger partial charge is 0.142 e. The fourth-order valence-corrected chi connectivity index (χ4v) is 2.07. The molecular formula is C12H15BrFNO. The van der Waals surface area contributed by atoms with Gasteiger partial charge in [-0.3, -0.25) is 4.90 Å². The van der Waals surface area contributed by atoms with E-state index in [1.54, 1.807) is 12.1 Å². The van der Waals surface area contributed by atoms with E-state index in [0.29, 0.717) is 17.0 Å². The molecule has 1 heterocycles. The molecule has 2 rings (SSSR count). The fraction of sp³-hybridized carbons (Fsp3) is 0.500. The molecule has 0 aromatic heterocycles. The summed E-state index contributed by atoms with van der Waals surface area (Å²) in [6, 6.07) is 4.85. The second kappa shape index (κ2) is 5.64. The molecule has 1 aliphatic rings. The third-order valence-corrected chi connectivity index (χ3v) is 3.40. The van der Waals surface area contributed by atoms with E-state index in [9.17, 15) is 4.39 Å². The van der Waals surface area contributed by atoms with Gasteiger partial charge in [-0.2, -0.15) is 0 Å². The normalized spacial score (nSPS) is 17.4. The molecule has 16 heavy (non-hydrogen) atoms. The van der Waals surface area contributed by atoms with Gasteiger partial charge in [0.1, 0.15) is 18.3 Å². The van der Waals surface area contributed by atoms with Gasteiger partial charge < -0.3 is 4.74 Å². The molecule has 0 spiro atoms. The maximum absolute atomic E-state index is 13.2. The summed E-state index contributed by atoms with van der Waals surface area (Å²) >= 11 is 3.12. The molecule has 0 aliphatic carbocycles. The van der Waals surface area contributed by atoms with Crippen molar-refractivity contribution >= 4 is 15.9 Å². The highest BCUT2D eigenvalue weighted by Gasteiger charge is 2.10. The average Bonchev–Trinajstić information content (AvgIpc) is 2.32. The lowest BCUT2D eigenvalue weighted by Gasteiger charge is -2.26. The first-order chi connectivity index (χ1) is 7.75. The number of likely N-dealkylation sites (tertiary alicyclic amines) is 1. The van der Waals surface area contributed by atoms with Gasteiger partial charge in [0, 0.05) is 19.2 Å². The Bertz CT molecular complexity index is 353. The van der Waals surface area contributed by atoms with Crippen LogP contribution in [-0.2, 0) is 0 Å². The molecule has 1 aliphatic heterocycles. The largest absolute Gasteiger partial charge is 0.478 e. The van der Waals surface area contributed by atoms with Gasteiger partial charge in [0.25, 0.3) is 0 Å². The molecule has 4 heteroatoms. The maximum Gasteiger partial charge on any atom is 0.142 e. The lowest BCUT2D eigenvalue weighted by Crippen LogP contribution is -2.33. The zero-order valence-corrected chi connectivity index (χ0v) is 10.7. The zero-order chi connectivity index (χ0) is 11.4. The van der Waals surface area contributed by atoms with Crippen LogP contribution in [-0.4, -0.2) is 24.7 Å². The summed E-state index contributed by atoms with van der Waals surface area (Å²) < 4.78 is 19.2.